The van der Waals surface area contributed by atoms with Gasteiger partial charge in [0.1, 0.15) is 12.4 Å². The van der Waals surface area contributed by atoms with E-state index < -0.39 is 32.3 Å². The lowest BCUT2D eigenvalue weighted by atomic mass is 10.1. The van der Waals surface area contributed by atoms with Crippen molar-refractivity contribution in [3.05, 3.63) is 78.0 Å². The normalized spacial score (nSPS) is 26.9. The van der Waals surface area contributed by atoms with Gasteiger partial charge in [-0.2, -0.15) is 0 Å². The van der Waals surface area contributed by atoms with Crippen LogP contribution in [0.5, 0.6) is 5.75 Å². The molecule has 2 aromatic carbocycles. The van der Waals surface area contributed by atoms with Crippen LogP contribution in [0, 0.1) is 0 Å². The van der Waals surface area contributed by atoms with Crippen LogP contribution in [0.15, 0.2) is 66.9 Å². The van der Waals surface area contributed by atoms with E-state index in [9.17, 15) is 0 Å². The Balaban J connectivity index is 1.37. The second-order valence-electron chi connectivity index (χ2n) is 7.89. The van der Waals surface area contributed by atoms with Crippen molar-refractivity contribution in [3.8, 4) is 17.0 Å². The smallest absolute Gasteiger partial charge is 0.227 e. The summed E-state index contributed by atoms with van der Waals surface area (Å²) < 4.78 is 82.1. The third-order valence-electron chi connectivity index (χ3n) is 5.33. The van der Waals surface area contributed by atoms with Crippen LogP contribution in [0.2, 0.25) is 0 Å². The summed E-state index contributed by atoms with van der Waals surface area (Å²) >= 11 is 0. The zero-order valence-electron chi connectivity index (χ0n) is 27.2. The molecular weight excluding hydrogens is 440 g/mol. The van der Waals surface area contributed by atoms with Crippen molar-refractivity contribution in [2.75, 3.05) is 44.7 Å². The Bertz CT molecular complexity index is 1460. The lowest BCUT2D eigenvalue weighted by molar-refractivity contribution is 0.138. The van der Waals surface area contributed by atoms with Crippen molar-refractivity contribution < 1.29 is 25.2 Å². The molecule has 1 N–H and O–H groups in total. The van der Waals surface area contributed by atoms with E-state index in [0.717, 1.165) is 16.8 Å². The molecule has 35 heavy (non-hydrogen) atoms. The fraction of sp³-hybridized carbons (Fsp3) is 0.357. The highest BCUT2D eigenvalue weighted by Crippen LogP contribution is 2.26. The minimum atomic E-state index is -3.09. The average Bonchev–Trinajstić information content (AvgIpc) is 3.03. The van der Waals surface area contributed by atoms with Gasteiger partial charge in [-0.25, -0.2) is 9.97 Å². The molecular formula is C28H32N4O3. The van der Waals surface area contributed by atoms with E-state index in [2.05, 4.69) is 15.3 Å². The molecule has 7 heteroatoms. The quantitative estimate of drug-likeness (QED) is 0.529. The molecule has 3 aromatic rings. The van der Waals surface area contributed by atoms with E-state index in [0.29, 0.717) is 47.7 Å². The Kier molecular flexibility index (Phi) is 5.34. The summed E-state index contributed by atoms with van der Waals surface area (Å²) in [6, 6.07) is 15.0. The van der Waals surface area contributed by atoms with Gasteiger partial charge in [0.15, 0.2) is 0 Å². The maximum absolute atomic E-state index is 8.18. The molecule has 3 heterocycles. The van der Waals surface area contributed by atoms with Crippen LogP contribution in [0.1, 0.15) is 34.8 Å². The number of nitrogens with one attached hydrogen (secondary N) is 1. The fourth-order valence-corrected chi connectivity index (χ4v) is 3.64. The number of nitrogens with zero attached hydrogens (tertiary/aromatic N) is 3. The minimum absolute atomic E-state index is 0.151. The van der Waals surface area contributed by atoms with E-state index in [1.807, 2.05) is 42.5 Å². The van der Waals surface area contributed by atoms with Gasteiger partial charge in [-0.3, -0.25) is 4.90 Å². The molecule has 2 aliphatic heterocycles. The number of hydrogen-bond acceptors (Lipinski definition) is 7. The molecule has 0 saturated carbocycles. The van der Waals surface area contributed by atoms with Crippen molar-refractivity contribution in [3.63, 3.8) is 0 Å². The van der Waals surface area contributed by atoms with Crippen LogP contribution < -0.4 is 10.1 Å². The number of hydrogen-bond donors (Lipinski definition) is 1. The Labute approximate surface area is 218 Å². The van der Waals surface area contributed by atoms with E-state index in [4.69, 9.17) is 25.2 Å². The van der Waals surface area contributed by atoms with Gasteiger partial charge in [-0.1, -0.05) is 30.4 Å². The summed E-state index contributed by atoms with van der Waals surface area (Å²) in [5.41, 5.74) is 3.98. The number of benzene rings is 2. The molecule has 5 rings (SSSR count). The van der Waals surface area contributed by atoms with Gasteiger partial charge in [0.25, 0.3) is 0 Å². The SMILES string of the molecule is [2H]C1([2H])N(CCOc2ccc3cc2COC/C=C/COCc2cccc(c2)-c2ccnc(n2)N3)C([2H])([2H])C([2H])([2H])C1([2H])[2H]. The minimum Gasteiger partial charge on any atom is -0.492 e. The molecule has 0 radical (unpaired) electrons. The largest absolute Gasteiger partial charge is 0.492 e. The van der Waals surface area contributed by atoms with Gasteiger partial charge in [-0.05, 0) is 61.6 Å². The predicted octanol–water partition coefficient (Wildman–Crippen LogP) is 4.96. The second-order valence-corrected chi connectivity index (χ2v) is 7.89. The fourth-order valence-electron chi connectivity index (χ4n) is 3.64. The van der Waals surface area contributed by atoms with Crippen molar-refractivity contribution >= 4 is 11.6 Å². The highest BCUT2D eigenvalue weighted by Gasteiger charge is 2.13. The Hall–Kier alpha value is -3.26. The first-order valence-electron chi connectivity index (χ1n) is 15.4. The maximum Gasteiger partial charge on any atom is 0.227 e. The number of likely N-dealkylation sites (tertiary alicyclic amines) is 1. The van der Waals surface area contributed by atoms with Gasteiger partial charge in [0, 0.05) is 40.5 Å². The van der Waals surface area contributed by atoms with E-state index in [1.165, 1.54) is 0 Å². The first kappa shape index (κ1) is 15.7. The molecule has 0 spiro atoms. The van der Waals surface area contributed by atoms with Gasteiger partial charge >= 0.3 is 0 Å². The number of anilines is 2. The molecule has 1 fully saturated rings. The van der Waals surface area contributed by atoms with E-state index in [-0.39, 0.29) is 13.2 Å². The zero-order chi connectivity index (χ0) is 30.9. The van der Waals surface area contributed by atoms with E-state index >= 15 is 0 Å². The predicted molar refractivity (Wildman–Crippen MR) is 137 cm³/mol. The van der Waals surface area contributed by atoms with Crippen LogP contribution in [0.25, 0.3) is 11.3 Å². The highest BCUT2D eigenvalue weighted by atomic mass is 16.5. The summed E-state index contributed by atoms with van der Waals surface area (Å²) in [6.45, 7) is -5.14. The molecule has 1 saturated heterocycles. The molecule has 0 unspecified atom stereocenters. The topological polar surface area (TPSA) is 68.7 Å². The number of rotatable bonds is 4. The number of aromatic nitrogens is 2. The van der Waals surface area contributed by atoms with Gasteiger partial charge in [-0.15, -0.1) is 0 Å². The number of fused-ring (bicyclic) bond motifs is 7. The van der Waals surface area contributed by atoms with Crippen molar-refractivity contribution in [1.29, 1.82) is 0 Å². The number of ether oxygens (including phenoxy) is 3. The summed E-state index contributed by atoms with van der Waals surface area (Å²) in [7, 11) is 0. The van der Waals surface area contributed by atoms with E-state index in [1.54, 1.807) is 24.4 Å². The standard InChI is InChI=1S/C28H32N4O3/c1-2-13-32(12-1)14-17-35-27-9-8-25-19-24(27)21-34-16-4-3-15-33-20-22-6-5-7-23(18-22)26-10-11-29-28(30-25)31-26/h3-11,18-19H,1-2,12-17,20-21H2,(H,29,30,31)/b4-3+/i1D2,2D2,12D2,13D2. The molecule has 182 valence electrons. The molecule has 0 aliphatic carbocycles. The summed E-state index contributed by atoms with van der Waals surface area (Å²) in [4.78, 5) is 9.55. The molecule has 7 nitrogen and oxygen atoms in total. The monoisotopic (exact) mass is 480 g/mol. The van der Waals surface area contributed by atoms with Crippen LogP contribution in [-0.4, -0.2) is 54.2 Å². The first-order valence-corrected chi connectivity index (χ1v) is 11.4. The average molecular weight is 481 g/mol. The van der Waals surface area contributed by atoms with Gasteiger partial charge in [0.05, 0.1) is 32.1 Å². The summed E-state index contributed by atoms with van der Waals surface area (Å²) in [6.07, 6.45) is -0.794. The van der Waals surface area contributed by atoms with Crippen molar-refractivity contribution in [1.82, 2.24) is 14.9 Å². The first-order chi connectivity index (χ1) is 20.3. The molecule has 0 atom stereocenters. The lowest BCUT2D eigenvalue weighted by Gasteiger charge is -2.17. The van der Waals surface area contributed by atoms with Crippen LogP contribution in [-0.2, 0) is 22.7 Å². The molecule has 6 bridgehead atoms. The molecule has 0 amide bonds. The van der Waals surface area contributed by atoms with Crippen molar-refractivity contribution in [2.45, 2.75) is 26.0 Å². The van der Waals surface area contributed by atoms with Crippen LogP contribution in [0.3, 0.4) is 0 Å². The van der Waals surface area contributed by atoms with Crippen molar-refractivity contribution in [2.24, 2.45) is 0 Å². The maximum atomic E-state index is 8.18. The lowest BCUT2D eigenvalue weighted by Crippen LogP contribution is -2.25. The third-order valence-corrected chi connectivity index (χ3v) is 5.33. The van der Waals surface area contributed by atoms with Crippen LogP contribution in [0.4, 0.5) is 11.6 Å². The highest BCUT2D eigenvalue weighted by molar-refractivity contribution is 5.63. The summed E-state index contributed by atoms with van der Waals surface area (Å²) in [5, 5.41) is 3.20. The second kappa shape index (κ2) is 11.9. The molecule has 2 aliphatic rings. The van der Waals surface area contributed by atoms with Gasteiger partial charge in [0.2, 0.25) is 5.95 Å². The third kappa shape index (κ3) is 6.66. The van der Waals surface area contributed by atoms with Crippen LogP contribution >= 0.6 is 0 Å². The summed E-state index contributed by atoms with van der Waals surface area (Å²) in [5.74, 6) is 0.774. The Morgan fingerprint density at radius 2 is 1.86 bits per heavy atom. The Morgan fingerprint density at radius 1 is 1.00 bits per heavy atom. The van der Waals surface area contributed by atoms with Gasteiger partial charge < -0.3 is 19.5 Å². The zero-order valence-corrected chi connectivity index (χ0v) is 19.2. The molecule has 1 aromatic heterocycles. The Morgan fingerprint density at radius 3 is 2.74 bits per heavy atom.